The van der Waals surface area contributed by atoms with Crippen LogP contribution in [-0.4, -0.2) is 29.2 Å². The van der Waals surface area contributed by atoms with Crippen LogP contribution >= 0.6 is 0 Å². The molecule has 18 heavy (non-hydrogen) atoms. The van der Waals surface area contributed by atoms with Gasteiger partial charge in [-0.1, -0.05) is 12.1 Å². The molecule has 0 aliphatic carbocycles. The first-order valence-electron chi connectivity index (χ1n) is 6.19. The van der Waals surface area contributed by atoms with Crippen LogP contribution < -0.4 is 11.1 Å². The summed E-state index contributed by atoms with van der Waals surface area (Å²) >= 11 is 0. The number of nitrogens with zero attached hydrogens (tertiary/aromatic N) is 2. The summed E-state index contributed by atoms with van der Waals surface area (Å²) in [6.45, 7) is 1.57. The van der Waals surface area contributed by atoms with Crippen LogP contribution in [-0.2, 0) is 4.74 Å². The molecule has 1 aromatic heterocycles. The highest BCUT2D eigenvalue weighted by Crippen LogP contribution is 2.22. The molecule has 0 radical (unpaired) electrons. The second-order valence-corrected chi connectivity index (χ2v) is 4.51. The number of para-hydroxylation sites is 1. The number of aromatic nitrogens is 2. The molecule has 0 spiro atoms. The average Bonchev–Trinajstić information content (AvgIpc) is 2.40. The standard InChI is InChI=1S/C13H16N4O/c14-13-16-11-6-2-1-5-10(11)12(17-13)15-9-4-3-7-18-8-9/h1-2,5-6,9H,3-4,7-8H2,(H3,14,15,16,17). The summed E-state index contributed by atoms with van der Waals surface area (Å²) in [6, 6.07) is 8.17. The third-order valence-electron chi connectivity index (χ3n) is 3.12. The van der Waals surface area contributed by atoms with E-state index in [0.29, 0.717) is 12.0 Å². The van der Waals surface area contributed by atoms with Crippen LogP contribution in [0.3, 0.4) is 0 Å². The van der Waals surface area contributed by atoms with Crippen LogP contribution in [0, 0.1) is 0 Å². The van der Waals surface area contributed by atoms with Crippen molar-refractivity contribution in [1.29, 1.82) is 0 Å². The number of nitrogens with two attached hydrogens (primary N) is 1. The highest BCUT2D eigenvalue weighted by Gasteiger charge is 2.15. The Labute approximate surface area is 105 Å². The predicted molar refractivity (Wildman–Crippen MR) is 71.4 cm³/mol. The smallest absolute Gasteiger partial charge is 0.222 e. The molecule has 0 bridgehead atoms. The molecule has 1 atom stereocenters. The fourth-order valence-electron chi connectivity index (χ4n) is 2.25. The van der Waals surface area contributed by atoms with Crippen molar-refractivity contribution in [3.8, 4) is 0 Å². The molecule has 2 aromatic rings. The Bertz CT molecular complexity index is 552. The van der Waals surface area contributed by atoms with Gasteiger partial charge in [-0.25, -0.2) is 4.98 Å². The monoisotopic (exact) mass is 244 g/mol. The van der Waals surface area contributed by atoms with E-state index in [2.05, 4.69) is 15.3 Å². The van der Waals surface area contributed by atoms with Gasteiger partial charge in [0.2, 0.25) is 5.95 Å². The van der Waals surface area contributed by atoms with E-state index >= 15 is 0 Å². The Morgan fingerprint density at radius 1 is 1.28 bits per heavy atom. The lowest BCUT2D eigenvalue weighted by Crippen LogP contribution is -2.30. The molecule has 1 aromatic carbocycles. The number of anilines is 2. The molecule has 1 aliphatic heterocycles. The molecule has 0 amide bonds. The minimum Gasteiger partial charge on any atom is -0.379 e. The van der Waals surface area contributed by atoms with E-state index in [1.165, 1.54) is 0 Å². The Morgan fingerprint density at radius 2 is 2.17 bits per heavy atom. The zero-order valence-corrected chi connectivity index (χ0v) is 10.1. The van der Waals surface area contributed by atoms with E-state index in [1.54, 1.807) is 0 Å². The molecule has 1 unspecified atom stereocenters. The van der Waals surface area contributed by atoms with Gasteiger partial charge in [0.1, 0.15) is 5.82 Å². The van der Waals surface area contributed by atoms with Gasteiger partial charge in [0.25, 0.3) is 0 Å². The Morgan fingerprint density at radius 3 is 3.00 bits per heavy atom. The first-order chi connectivity index (χ1) is 8.83. The second-order valence-electron chi connectivity index (χ2n) is 4.51. The van der Waals surface area contributed by atoms with Gasteiger partial charge in [-0.15, -0.1) is 0 Å². The maximum absolute atomic E-state index is 5.74. The number of nitrogen functional groups attached to an aromatic ring is 1. The van der Waals surface area contributed by atoms with E-state index in [4.69, 9.17) is 10.5 Å². The van der Waals surface area contributed by atoms with Gasteiger partial charge in [0.05, 0.1) is 18.2 Å². The quantitative estimate of drug-likeness (QED) is 0.842. The molecule has 1 aliphatic rings. The van der Waals surface area contributed by atoms with E-state index in [1.807, 2.05) is 24.3 Å². The molecule has 0 saturated carbocycles. The van der Waals surface area contributed by atoms with Gasteiger partial charge in [0, 0.05) is 12.0 Å². The van der Waals surface area contributed by atoms with Gasteiger partial charge in [-0.3, -0.25) is 0 Å². The van der Waals surface area contributed by atoms with Crippen molar-refractivity contribution in [2.45, 2.75) is 18.9 Å². The number of hydrogen-bond acceptors (Lipinski definition) is 5. The second kappa shape index (κ2) is 4.78. The zero-order chi connectivity index (χ0) is 12.4. The van der Waals surface area contributed by atoms with Gasteiger partial charge in [-0.05, 0) is 25.0 Å². The highest BCUT2D eigenvalue weighted by molar-refractivity contribution is 5.89. The first kappa shape index (κ1) is 11.2. The number of benzene rings is 1. The molecule has 1 fully saturated rings. The lowest BCUT2D eigenvalue weighted by atomic mass is 10.1. The summed E-state index contributed by atoms with van der Waals surface area (Å²) in [4.78, 5) is 8.52. The van der Waals surface area contributed by atoms with Crippen molar-refractivity contribution in [3.63, 3.8) is 0 Å². The third kappa shape index (κ3) is 2.22. The van der Waals surface area contributed by atoms with E-state index in [9.17, 15) is 0 Å². The fraction of sp³-hybridized carbons (Fsp3) is 0.385. The summed E-state index contributed by atoms with van der Waals surface area (Å²) in [5.74, 6) is 1.10. The number of rotatable bonds is 2. The van der Waals surface area contributed by atoms with Crippen LogP contribution in [0.15, 0.2) is 24.3 Å². The highest BCUT2D eigenvalue weighted by atomic mass is 16.5. The van der Waals surface area contributed by atoms with Crippen LogP contribution in [0.25, 0.3) is 10.9 Å². The van der Waals surface area contributed by atoms with Crippen molar-refractivity contribution in [1.82, 2.24) is 9.97 Å². The third-order valence-corrected chi connectivity index (χ3v) is 3.12. The molecule has 3 N–H and O–H groups in total. The first-order valence-corrected chi connectivity index (χ1v) is 6.19. The summed E-state index contributed by atoms with van der Waals surface area (Å²) in [5.41, 5.74) is 6.60. The summed E-state index contributed by atoms with van der Waals surface area (Å²) < 4.78 is 5.46. The number of fused-ring (bicyclic) bond motifs is 1. The van der Waals surface area contributed by atoms with Crippen LogP contribution in [0.1, 0.15) is 12.8 Å². The average molecular weight is 244 g/mol. The number of nitrogens with one attached hydrogen (secondary N) is 1. The normalized spacial score (nSPS) is 19.9. The van der Waals surface area contributed by atoms with Gasteiger partial charge >= 0.3 is 0 Å². The molecule has 94 valence electrons. The molecule has 5 nitrogen and oxygen atoms in total. The largest absolute Gasteiger partial charge is 0.379 e. The van der Waals surface area contributed by atoms with Gasteiger partial charge < -0.3 is 15.8 Å². The minimum absolute atomic E-state index is 0.299. The van der Waals surface area contributed by atoms with Gasteiger partial charge in [0.15, 0.2) is 0 Å². The molecule has 2 heterocycles. The van der Waals surface area contributed by atoms with Crippen LogP contribution in [0.5, 0.6) is 0 Å². The molecule has 5 heteroatoms. The van der Waals surface area contributed by atoms with Gasteiger partial charge in [-0.2, -0.15) is 4.98 Å². The van der Waals surface area contributed by atoms with E-state index in [-0.39, 0.29) is 0 Å². The zero-order valence-electron chi connectivity index (χ0n) is 10.1. The van der Waals surface area contributed by atoms with E-state index < -0.39 is 0 Å². The van der Waals surface area contributed by atoms with Crippen molar-refractivity contribution in [2.24, 2.45) is 0 Å². The lowest BCUT2D eigenvalue weighted by molar-refractivity contribution is 0.0875. The predicted octanol–water partition coefficient (Wildman–Crippen LogP) is 1.80. The summed E-state index contributed by atoms with van der Waals surface area (Å²) in [6.07, 6.45) is 2.17. The minimum atomic E-state index is 0.299. The maximum Gasteiger partial charge on any atom is 0.222 e. The van der Waals surface area contributed by atoms with E-state index in [0.717, 1.165) is 42.8 Å². The van der Waals surface area contributed by atoms with Crippen LogP contribution in [0.4, 0.5) is 11.8 Å². The molecule has 3 rings (SSSR count). The number of ether oxygens (including phenoxy) is 1. The van der Waals surface area contributed by atoms with Crippen molar-refractivity contribution >= 4 is 22.7 Å². The number of hydrogen-bond donors (Lipinski definition) is 2. The Hall–Kier alpha value is -1.88. The molecular formula is C13H16N4O. The molecule has 1 saturated heterocycles. The Kier molecular flexibility index (Phi) is 2.98. The van der Waals surface area contributed by atoms with Crippen molar-refractivity contribution in [3.05, 3.63) is 24.3 Å². The lowest BCUT2D eigenvalue weighted by Gasteiger charge is -2.24. The maximum atomic E-state index is 5.74. The SMILES string of the molecule is Nc1nc(NC2CCCOC2)c2ccccc2n1. The fourth-order valence-corrected chi connectivity index (χ4v) is 2.25. The van der Waals surface area contributed by atoms with Crippen LogP contribution in [0.2, 0.25) is 0 Å². The Balaban J connectivity index is 1.94. The molecular weight excluding hydrogens is 228 g/mol. The topological polar surface area (TPSA) is 73.1 Å². The summed E-state index contributed by atoms with van der Waals surface area (Å²) in [5, 5.41) is 4.41. The van der Waals surface area contributed by atoms with Crippen molar-refractivity contribution in [2.75, 3.05) is 24.3 Å². The summed E-state index contributed by atoms with van der Waals surface area (Å²) in [7, 11) is 0. The van der Waals surface area contributed by atoms with Crippen molar-refractivity contribution < 1.29 is 4.74 Å².